The minimum atomic E-state index is -0.221. The summed E-state index contributed by atoms with van der Waals surface area (Å²) >= 11 is 0. The minimum absolute atomic E-state index is 0.200. The molecule has 7 heteroatoms. The van der Waals surface area contributed by atoms with Crippen molar-refractivity contribution in [3.8, 4) is 0 Å². The van der Waals surface area contributed by atoms with Gasteiger partial charge in [0.1, 0.15) is 12.2 Å². The Balaban J connectivity index is 1.44. The lowest BCUT2D eigenvalue weighted by molar-refractivity contribution is 0.101. The second-order valence-electron chi connectivity index (χ2n) is 7.06. The average Bonchev–Trinajstić information content (AvgIpc) is 3.30. The van der Waals surface area contributed by atoms with Gasteiger partial charge in [-0.05, 0) is 54.4 Å². The molecule has 0 aliphatic heterocycles. The molecule has 0 fully saturated rings. The lowest BCUT2D eigenvalue weighted by atomic mass is 10.1. The molecular formula is C24H21N5O2. The third kappa shape index (κ3) is 4.84. The number of hydrogen-bond donors (Lipinski definition) is 3. The van der Waals surface area contributed by atoms with E-state index in [9.17, 15) is 9.59 Å². The van der Waals surface area contributed by atoms with Crippen LogP contribution in [-0.4, -0.2) is 27.0 Å². The third-order valence-corrected chi connectivity index (χ3v) is 4.92. The molecule has 0 radical (unpaired) electrons. The first-order valence-corrected chi connectivity index (χ1v) is 9.81. The van der Waals surface area contributed by atoms with E-state index in [0.717, 1.165) is 17.0 Å². The van der Waals surface area contributed by atoms with Gasteiger partial charge in [-0.3, -0.25) is 14.7 Å². The Labute approximate surface area is 179 Å². The monoisotopic (exact) mass is 411 g/mol. The lowest BCUT2D eigenvalue weighted by Gasteiger charge is -2.14. The van der Waals surface area contributed by atoms with Crippen molar-refractivity contribution in [2.24, 2.45) is 0 Å². The molecule has 0 unspecified atom stereocenters. The third-order valence-electron chi connectivity index (χ3n) is 4.92. The fourth-order valence-corrected chi connectivity index (χ4v) is 3.17. The van der Waals surface area contributed by atoms with Crippen LogP contribution in [0, 0.1) is 6.92 Å². The number of nitrogens with zero attached hydrogens (tertiary/aromatic N) is 2. The van der Waals surface area contributed by atoms with E-state index in [1.54, 1.807) is 30.3 Å². The topological polar surface area (TPSA) is 99.8 Å². The van der Waals surface area contributed by atoms with E-state index in [2.05, 4.69) is 25.8 Å². The van der Waals surface area contributed by atoms with Gasteiger partial charge in [-0.2, -0.15) is 5.10 Å². The largest absolute Gasteiger partial charge is 0.322 e. The van der Waals surface area contributed by atoms with E-state index in [1.165, 1.54) is 6.33 Å². The molecule has 1 heterocycles. The molecule has 4 rings (SSSR count). The van der Waals surface area contributed by atoms with E-state index in [1.807, 2.05) is 49.4 Å². The number of H-pyrrole nitrogens is 1. The van der Waals surface area contributed by atoms with Crippen molar-refractivity contribution in [1.82, 2.24) is 15.2 Å². The Kier molecular flexibility index (Phi) is 5.84. The molecule has 2 amide bonds. The maximum atomic E-state index is 12.7. The first-order chi connectivity index (χ1) is 15.1. The average molecular weight is 411 g/mol. The Morgan fingerprint density at radius 1 is 0.806 bits per heavy atom. The SMILES string of the molecule is Cc1c(NC(=O)c2ccccc2)cccc1NC(=O)c1ccc(Cc2ncn[nH]2)cc1. The predicted molar refractivity (Wildman–Crippen MR) is 119 cm³/mol. The number of amides is 2. The molecule has 3 aromatic carbocycles. The van der Waals surface area contributed by atoms with Gasteiger partial charge in [0, 0.05) is 28.9 Å². The van der Waals surface area contributed by atoms with E-state index in [4.69, 9.17) is 0 Å². The van der Waals surface area contributed by atoms with Crippen molar-refractivity contribution < 1.29 is 9.59 Å². The Morgan fingerprint density at radius 3 is 2.00 bits per heavy atom. The summed E-state index contributed by atoms with van der Waals surface area (Å²) in [5.41, 5.74) is 4.20. The predicted octanol–water partition coefficient (Wildman–Crippen LogP) is 4.21. The molecule has 0 aliphatic rings. The van der Waals surface area contributed by atoms with Gasteiger partial charge in [0.2, 0.25) is 0 Å². The number of aromatic nitrogens is 3. The first-order valence-electron chi connectivity index (χ1n) is 9.81. The van der Waals surface area contributed by atoms with Gasteiger partial charge in [0.15, 0.2) is 0 Å². The zero-order chi connectivity index (χ0) is 21.6. The molecule has 0 saturated heterocycles. The van der Waals surface area contributed by atoms with Crippen molar-refractivity contribution in [1.29, 1.82) is 0 Å². The molecule has 0 bridgehead atoms. The minimum Gasteiger partial charge on any atom is -0.322 e. The van der Waals surface area contributed by atoms with Gasteiger partial charge in [-0.15, -0.1) is 0 Å². The first kappa shape index (κ1) is 20.0. The van der Waals surface area contributed by atoms with Crippen molar-refractivity contribution >= 4 is 23.2 Å². The number of carbonyl (C=O) groups is 2. The van der Waals surface area contributed by atoms with E-state index < -0.39 is 0 Å². The summed E-state index contributed by atoms with van der Waals surface area (Å²) in [6.45, 7) is 1.86. The summed E-state index contributed by atoms with van der Waals surface area (Å²) in [7, 11) is 0. The number of rotatable bonds is 6. The maximum absolute atomic E-state index is 12.7. The van der Waals surface area contributed by atoms with Crippen LogP contribution in [0.15, 0.2) is 79.1 Å². The molecule has 4 aromatic rings. The highest BCUT2D eigenvalue weighted by molar-refractivity contribution is 6.07. The van der Waals surface area contributed by atoms with Crippen LogP contribution in [0.25, 0.3) is 0 Å². The van der Waals surface area contributed by atoms with Crippen molar-refractivity contribution in [3.05, 3.63) is 107 Å². The number of aromatic amines is 1. The van der Waals surface area contributed by atoms with Crippen LogP contribution in [0.4, 0.5) is 11.4 Å². The van der Waals surface area contributed by atoms with Gasteiger partial charge in [0.25, 0.3) is 11.8 Å². The van der Waals surface area contributed by atoms with Crippen LogP contribution in [-0.2, 0) is 6.42 Å². The van der Waals surface area contributed by atoms with Crippen molar-refractivity contribution in [2.75, 3.05) is 10.6 Å². The Hall–Kier alpha value is -4.26. The fraction of sp³-hybridized carbons (Fsp3) is 0.0833. The molecular weight excluding hydrogens is 390 g/mol. The number of nitrogens with one attached hydrogen (secondary N) is 3. The van der Waals surface area contributed by atoms with Crippen LogP contribution in [0.1, 0.15) is 37.7 Å². The molecule has 7 nitrogen and oxygen atoms in total. The number of anilines is 2. The number of benzene rings is 3. The van der Waals surface area contributed by atoms with Gasteiger partial charge in [-0.1, -0.05) is 36.4 Å². The zero-order valence-corrected chi connectivity index (χ0v) is 16.9. The smallest absolute Gasteiger partial charge is 0.255 e. The fourth-order valence-electron chi connectivity index (χ4n) is 3.17. The zero-order valence-electron chi connectivity index (χ0n) is 16.9. The Morgan fingerprint density at radius 2 is 1.42 bits per heavy atom. The standard InChI is InChI=1S/C24H21N5O2/c1-16-20(27-23(30)18-6-3-2-4-7-18)8-5-9-21(16)28-24(31)19-12-10-17(11-13-19)14-22-25-15-26-29-22/h2-13,15H,14H2,1H3,(H,27,30)(H,28,31)(H,25,26,29). The quantitative estimate of drug-likeness (QED) is 0.442. The summed E-state index contributed by atoms with van der Waals surface area (Å²) in [6, 6.07) is 21.7. The van der Waals surface area contributed by atoms with Crippen LogP contribution >= 0.6 is 0 Å². The van der Waals surface area contributed by atoms with Gasteiger partial charge >= 0.3 is 0 Å². The Bertz CT molecular complexity index is 1190. The molecule has 1 aromatic heterocycles. The highest BCUT2D eigenvalue weighted by atomic mass is 16.2. The lowest BCUT2D eigenvalue weighted by Crippen LogP contribution is -2.15. The normalized spacial score (nSPS) is 10.5. The molecule has 0 aliphatic carbocycles. The summed E-state index contributed by atoms with van der Waals surface area (Å²) in [5, 5.41) is 12.5. The van der Waals surface area contributed by atoms with E-state index >= 15 is 0 Å². The van der Waals surface area contributed by atoms with Crippen molar-refractivity contribution in [2.45, 2.75) is 13.3 Å². The van der Waals surface area contributed by atoms with Crippen LogP contribution in [0.5, 0.6) is 0 Å². The van der Waals surface area contributed by atoms with Crippen molar-refractivity contribution in [3.63, 3.8) is 0 Å². The molecule has 0 spiro atoms. The van der Waals surface area contributed by atoms with Crippen LogP contribution in [0.2, 0.25) is 0 Å². The highest BCUT2D eigenvalue weighted by Gasteiger charge is 2.12. The van der Waals surface area contributed by atoms with E-state index in [-0.39, 0.29) is 11.8 Å². The maximum Gasteiger partial charge on any atom is 0.255 e. The molecule has 0 saturated carbocycles. The van der Waals surface area contributed by atoms with Gasteiger partial charge < -0.3 is 10.6 Å². The summed E-state index contributed by atoms with van der Waals surface area (Å²) < 4.78 is 0. The molecule has 0 atom stereocenters. The molecule has 31 heavy (non-hydrogen) atoms. The van der Waals surface area contributed by atoms with E-state index in [0.29, 0.717) is 28.9 Å². The van der Waals surface area contributed by atoms with Crippen LogP contribution < -0.4 is 10.6 Å². The number of hydrogen-bond acceptors (Lipinski definition) is 4. The summed E-state index contributed by atoms with van der Waals surface area (Å²) in [6.07, 6.45) is 2.08. The second-order valence-corrected chi connectivity index (χ2v) is 7.06. The van der Waals surface area contributed by atoms with Gasteiger partial charge in [-0.25, -0.2) is 4.98 Å². The summed E-state index contributed by atoms with van der Waals surface area (Å²) in [4.78, 5) is 29.3. The number of carbonyl (C=O) groups excluding carboxylic acids is 2. The van der Waals surface area contributed by atoms with Crippen LogP contribution in [0.3, 0.4) is 0 Å². The molecule has 154 valence electrons. The second kappa shape index (κ2) is 9.04. The molecule has 3 N–H and O–H groups in total. The summed E-state index contributed by atoms with van der Waals surface area (Å²) in [5.74, 6) is 0.345. The van der Waals surface area contributed by atoms with Gasteiger partial charge in [0.05, 0.1) is 0 Å². The highest BCUT2D eigenvalue weighted by Crippen LogP contribution is 2.24.